The Bertz CT molecular complexity index is 448. The van der Waals surface area contributed by atoms with Gasteiger partial charge in [-0.25, -0.2) is 4.79 Å². The van der Waals surface area contributed by atoms with E-state index in [0.717, 1.165) is 32.6 Å². The number of carbonyl (C=O) groups excluding carboxylic acids is 1. The van der Waals surface area contributed by atoms with Crippen LogP contribution in [0.25, 0.3) is 0 Å². The number of hydrogen-bond donors (Lipinski definition) is 1. The Morgan fingerprint density at radius 2 is 0.974 bits per heavy atom. The smallest absolute Gasteiger partial charge is 0.407 e. The molecule has 0 spiro atoms. The minimum absolute atomic E-state index is 0.361. The lowest BCUT2D eigenvalue weighted by molar-refractivity contribution is -0.0292. The predicted molar refractivity (Wildman–Crippen MR) is 162 cm³/mol. The molecule has 1 N–H and O–H groups in total. The molecule has 228 valence electrons. The van der Waals surface area contributed by atoms with E-state index in [1.54, 1.807) is 0 Å². The second kappa shape index (κ2) is 30.7. The Labute approximate surface area is 237 Å². The molecule has 0 saturated carbocycles. The van der Waals surface area contributed by atoms with E-state index in [1.165, 1.54) is 116 Å². The number of nitrogens with one attached hydrogen (secondary N) is 1. The molecule has 0 rings (SSSR count). The van der Waals surface area contributed by atoms with Gasteiger partial charge in [-0.15, -0.1) is 0 Å². The molecule has 0 heterocycles. The van der Waals surface area contributed by atoms with Crippen LogP contribution in [0.1, 0.15) is 142 Å². The highest BCUT2D eigenvalue weighted by Gasteiger charge is 2.15. The van der Waals surface area contributed by atoms with Gasteiger partial charge in [0, 0.05) is 26.3 Å². The summed E-state index contributed by atoms with van der Waals surface area (Å²) in [6, 6.07) is 0. The molecule has 0 fully saturated rings. The maximum Gasteiger partial charge on any atom is 0.407 e. The largest absolute Gasteiger partial charge is 0.441 e. The van der Waals surface area contributed by atoms with E-state index >= 15 is 0 Å². The average Bonchev–Trinajstić information content (AvgIpc) is 2.89. The monoisotopic (exact) mass is 543 g/mol. The Morgan fingerprint density at radius 3 is 1.34 bits per heavy atom. The number of amides is 1. The highest BCUT2D eigenvalue weighted by Crippen LogP contribution is 2.12. The summed E-state index contributed by atoms with van der Waals surface area (Å²) in [7, 11) is 3.97. The van der Waals surface area contributed by atoms with Crippen molar-refractivity contribution in [1.82, 2.24) is 10.2 Å². The maximum absolute atomic E-state index is 12.2. The van der Waals surface area contributed by atoms with E-state index in [-0.39, 0.29) is 12.2 Å². The number of ether oxygens (including phenoxy) is 3. The summed E-state index contributed by atoms with van der Waals surface area (Å²) in [5.41, 5.74) is 0. The number of likely N-dealkylation sites (N-methyl/N-ethyl adjacent to an activating group) is 1. The summed E-state index contributed by atoms with van der Waals surface area (Å²) >= 11 is 0. The van der Waals surface area contributed by atoms with Crippen molar-refractivity contribution in [2.45, 2.75) is 148 Å². The van der Waals surface area contributed by atoms with Crippen LogP contribution < -0.4 is 5.32 Å². The van der Waals surface area contributed by atoms with E-state index < -0.39 is 0 Å². The molecule has 6 nitrogen and oxygen atoms in total. The first kappa shape index (κ1) is 37.1. The molecule has 0 aromatic carbocycles. The van der Waals surface area contributed by atoms with Crippen LogP contribution in [0, 0.1) is 0 Å². The third-order valence-electron chi connectivity index (χ3n) is 6.99. The third-order valence-corrected chi connectivity index (χ3v) is 6.99. The van der Waals surface area contributed by atoms with Crippen LogP contribution in [0.4, 0.5) is 4.79 Å². The van der Waals surface area contributed by atoms with Gasteiger partial charge in [0.2, 0.25) is 0 Å². The van der Waals surface area contributed by atoms with E-state index in [0.29, 0.717) is 19.8 Å². The number of hydrogen-bond acceptors (Lipinski definition) is 5. The van der Waals surface area contributed by atoms with Gasteiger partial charge >= 0.3 is 6.09 Å². The van der Waals surface area contributed by atoms with Crippen molar-refractivity contribution in [3.8, 4) is 0 Å². The first-order valence-electron chi connectivity index (χ1n) is 16.3. The number of alkyl carbamates (subject to hydrolysis) is 1. The average molecular weight is 543 g/mol. The molecule has 38 heavy (non-hydrogen) atoms. The number of unbranched alkanes of at least 4 members (excludes halogenated alkanes) is 18. The Morgan fingerprint density at radius 1 is 0.605 bits per heavy atom. The van der Waals surface area contributed by atoms with Crippen molar-refractivity contribution >= 4 is 6.09 Å². The molecule has 0 radical (unpaired) electrons. The van der Waals surface area contributed by atoms with Gasteiger partial charge in [-0.2, -0.15) is 0 Å². The fourth-order valence-electron chi connectivity index (χ4n) is 4.50. The van der Waals surface area contributed by atoms with Crippen LogP contribution in [0.3, 0.4) is 0 Å². The molecule has 6 heteroatoms. The van der Waals surface area contributed by atoms with Crippen LogP contribution in [0.2, 0.25) is 0 Å². The second-order valence-corrected chi connectivity index (χ2v) is 11.3. The molecule has 0 aromatic heterocycles. The highest BCUT2D eigenvalue weighted by atomic mass is 16.6. The van der Waals surface area contributed by atoms with Crippen molar-refractivity contribution in [3.05, 3.63) is 0 Å². The first-order valence-corrected chi connectivity index (χ1v) is 16.3. The summed E-state index contributed by atoms with van der Waals surface area (Å²) in [6.07, 6.45) is 25.5. The zero-order valence-electron chi connectivity index (χ0n) is 26.0. The molecule has 1 amide bonds. The quantitative estimate of drug-likeness (QED) is 0.0922. The van der Waals surface area contributed by atoms with Gasteiger partial charge in [0.25, 0.3) is 0 Å². The van der Waals surface area contributed by atoms with Gasteiger partial charge in [0.05, 0.1) is 13.2 Å². The van der Waals surface area contributed by atoms with Crippen LogP contribution in [-0.2, 0) is 14.2 Å². The summed E-state index contributed by atoms with van der Waals surface area (Å²) in [4.78, 5) is 14.2. The van der Waals surface area contributed by atoms with Crippen molar-refractivity contribution in [3.63, 3.8) is 0 Å². The van der Waals surface area contributed by atoms with Crippen LogP contribution >= 0.6 is 0 Å². The lowest BCUT2D eigenvalue weighted by Crippen LogP contribution is -2.37. The summed E-state index contributed by atoms with van der Waals surface area (Å²) in [6.45, 7) is 8.12. The Balaban J connectivity index is 3.94. The lowest BCUT2D eigenvalue weighted by atomic mass is 10.1. The third kappa shape index (κ3) is 29.7. The number of nitrogens with zero attached hydrogens (tertiary/aromatic N) is 1. The molecular weight excluding hydrogens is 476 g/mol. The van der Waals surface area contributed by atoms with Crippen LogP contribution in [0.5, 0.6) is 0 Å². The minimum atomic E-state index is -0.387. The minimum Gasteiger partial charge on any atom is -0.441 e. The topological polar surface area (TPSA) is 60.0 Å². The molecule has 0 aliphatic carbocycles. The predicted octanol–water partition coefficient (Wildman–Crippen LogP) is 8.52. The fraction of sp³-hybridized carbons (Fsp3) is 0.969. The molecule has 0 aliphatic heterocycles. The number of carbonyl (C=O) groups is 1. The van der Waals surface area contributed by atoms with Gasteiger partial charge < -0.3 is 24.4 Å². The standard InChI is InChI=1S/C32H66N2O4/c1-5-7-9-11-13-15-17-19-21-23-27-36-29-31(38-32(35)33-25-26-34(3)4)30-37-28-24-22-20-18-16-14-12-10-8-6-2/h31H,5-30H2,1-4H3,(H,33,35). The SMILES string of the molecule is CCCCCCCCCCCCOCC(COCCCCCCCCCCCC)OC(=O)NCCN(C)C. The van der Waals surface area contributed by atoms with Crippen molar-refractivity contribution in [2.75, 3.05) is 53.6 Å². The summed E-state index contributed by atoms with van der Waals surface area (Å²) < 4.78 is 17.4. The van der Waals surface area contributed by atoms with Gasteiger partial charge in [-0.3, -0.25) is 0 Å². The van der Waals surface area contributed by atoms with Crippen molar-refractivity contribution in [1.29, 1.82) is 0 Å². The van der Waals surface area contributed by atoms with Crippen LogP contribution in [0.15, 0.2) is 0 Å². The van der Waals surface area contributed by atoms with Crippen molar-refractivity contribution < 1.29 is 19.0 Å². The zero-order chi connectivity index (χ0) is 27.9. The molecule has 0 bridgehead atoms. The molecule has 0 aromatic rings. The molecule has 0 aliphatic rings. The van der Waals surface area contributed by atoms with E-state index in [2.05, 4.69) is 19.2 Å². The van der Waals surface area contributed by atoms with E-state index in [1.807, 2.05) is 19.0 Å². The Kier molecular flexibility index (Phi) is 30.0. The molecule has 0 unspecified atom stereocenters. The normalized spacial score (nSPS) is 11.5. The Hall–Kier alpha value is -0.850. The van der Waals surface area contributed by atoms with Gasteiger partial charge in [0.15, 0.2) is 6.10 Å². The second-order valence-electron chi connectivity index (χ2n) is 11.3. The van der Waals surface area contributed by atoms with Crippen molar-refractivity contribution in [2.24, 2.45) is 0 Å². The number of rotatable bonds is 30. The summed E-state index contributed by atoms with van der Waals surface area (Å²) in [5.74, 6) is 0. The van der Waals surface area contributed by atoms with Gasteiger partial charge in [-0.1, -0.05) is 129 Å². The van der Waals surface area contributed by atoms with Gasteiger partial charge in [-0.05, 0) is 26.9 Å². The summed E-state index contributed by atoms with van der Waals surface area (Å²) in [5, 5.41) is 2.82. The van der Waals surface area contributed by atoms with Gasteiger partial charge in [0.1, 0.15) is 0 Å². The lowest BCUT2D eigenvalue weighted by Gasteiger charge is -2.19. The molecular formula is C32H66N2O4. The van der Waals surface area contributed by atoms with E-state index in [9.17, 15) is 4.79 Å². The maximum atomic E-state index is 12.2. The van der Waals surface area contributed by atoms with Crippen LogP contribution in [-0.4, -0.2) is 70.7 Å². The zero-order valence-corrected chi connectivity index (χ0v) is 26.0. The molecule has 0 saturated heterocycles. The van der Waals surface area contributed by atoms with E-state index in [4.69, 9.17) is 14.2 Å². The highest BCUT2D eigenvalue weighted by molar-refractivity contribution is 5.67. The first-order chi connectivity index (χ1) is 18.6. The fourth-order valence-corrected chi connectivity index (χ4v) is 4.50. The molecule has 0 atom stereocenters.